The summed E-state index contributed by atoms with van der Waals surface area (Å²) < 4.78 is 37.2. The molecule has 3 rings (SSSR count). The molecule has 1 fully saturated rings. The van der Waals surface area contributed by atoms with Crippen molar-refractivity contribution in [1.29, 1.82) is 0 Å². The predicted molar refractivity (Wildman–Crippen MR) is 119 cm³/mol. The highest BCUT2D eigenvalue weighted by molar-refractivity contribution is 7.88. The molecule has 1 atom stereocenters. The van der Waals surface area contributed by atoms with Gasteiger partial charge < -0.3 is 19.5 Å². The van der Waals surface area contributed by atoms with Crippen LogP contribution in [0.1, 0.15) is 18.2 Å². The van der Waals surface area contributed by atoms with Gasteiger partial charge in [0.25, 0.3) is 0 Å². The van der Waals surface area contributed by atoms with Crippen LogP contribution >= 0.6 is 0 Å². The lowest BCUT2D eigenvalue weighted by Crippen LogP contribution is -2.54. The second kappa shape index (κ2) is 11.3. The average molecular weight is 450 g/mol. The van der Waals surface area contributed by atoms with Crippen molar-refractivity contribution in [3.8, 4) is 0 Å². The van der Waals surface area contributed by atoms with Gasteiger partial charge in [-0.05, 0) is 11.5 Å². The summed E-state index contributed by atoms with van der Waals surface area (Å²) in [5.74, 6) is 0.949. The summed E-state index contributed by atoms with van der Waals surface area (Å²) in [4.78, 5) is 6.44. The Morgan fingerprint density at radius 2 is 1.97 bits per heavy atom. The molecular formula is C21H31N5O4S. The quantitative estimate of drug-likeness (QED) is 0.458. The standard InChI is InChI=1S/C21H31N5O4S/c1-18(15-29-16-19-6-4-3-5-7-19)14-23-21(22-2)25-9-11-26(12-10-25)31(27,28)17-20-8-13-30-24-20/h3-8,13,18H,9-12,14-17H2,1-2H3,(H,22,23). The molecule has 0 spiro atoms. The minimum Gasteiger partial charge on any atom is -0.376 e. The second-order valence-corrected chi connectivity index (χ2v) is 9.64. The van der Waals surface area contributed by atoms with Gasteiger partial charge in [-0.2, -0.15) is 4.31 Å². The van der Waals surface area contributed by atoms with Gasteiger partial charge in [-0.15, -0.1) is 0 Å². The third-order valence-corrected chi connectivity index (χ3v) is 6.90. The highest BCUT2D eigenvalue weighted by Gasteiger charge is 2.29. The van der Waals surface area contributed by atoms with Gasteiger partial charge in [0.1, 0.15) is 12.0 Å². The lowest BCUT2D eigenvalue weighted by molar-refractivity contribution is 0.0928. The molecule has 1 saturated heterocycles. The molecule has 1 unspecified atom stereocenters. The number of piperazine rings is 1. The Labute approximate surface area is 184 Å². The number of hydrogen-bond donors (Lipinski definition) is 1. The molecule has 0 amide bonds. The van der Waals surface area contributed by atoms with Crippen molar-refractivity contribution < 1.29 is 17.7 Å². The molecule has 0 radical (unpaired) electrons. The van der Waals surface area contributed by atoms with Crippen LogP contribution in [-0.2, 0) is 27.1 Å². The number of aliphatic imine (C=N–C) groups is 1. The maximum absolute atomic E-state index is 12.6. The van der Waals surface area contributed by atoms with Crippen molar-refractivity contribution in [3.05, 3.63) is 53.9 Å². The lowest BCUT2D eigenvalue weighted by Gasteiger charge is -2.36. The summed E-state index contributed by atoms with van der Waals surface area (Å²) >= 11 is 0. The van der Waals surface area contributed by atoms with Crippen molar-refractivity contribution in [2.45, 2.75) is 19.3 Å². The van der Waals surface area contributed by atoms with E-state index in [0.29, 0.717) is 51.0 Å². The summed E-state index contributed by atoms with van der Waals surface area (Å²) in [6.07, 6.45) is 1.38. The third-order valence-electron chi connectivity index (χ3n) is 5.09. The van der Waals surface area contributed by atoms with Gasteiger partial charge in [0.2, 0.25) is 10.0 Å². The van der Waals surface area contributed by atoms with Crippen LogP contribution in [0.5, 0.6) is 0 Å². The number of ether oxygens (including phenoxy) is 1. The van der Waals surface area contributed by atoms with Crippen molar-refractivity contribution in [2.24, 2.45) is 10.9 Å². The summed E-state index contributed by atoms with van der Waals surface area (Å²) in [7, 11) is -1.67. The van der Waals surface area contributed by atoms with E-state index in [1.54, 1.807) is 13.1 Å². The molecule has 1 aliphatic heterocycles. The first kappa shape index (κ1) is 23.2. The van der Waals surface area contributed by atoms with Crippen molar-refractivity contribution in [2.75, 3.05) is 46.4 Å². The fourth-order valence-corrected chi connectivity index (χ4v) is 4.80. The van der Waals surface area contributed by atoms with Gasteiger partial charge in [-0.1, -0.05) is 42.4 Å². The maximum atomic E-state index is 12.6. The Bertz CT molecular complexity index is 911. The third kappa shape index (κ3) is 7.05. The van der Waals surface area contributed by atoms with Gasteiger partial charge in [0.15, 0.2) is 5.96 Å². The van der Waals surface area contributed by atoms with Gasteiger partial charge in [-0.3, -0.25) is 4.99 Å². The first-order valence-corrected chi connectivity index (χ1v) is 12.0. The second-order valence-electron chi connectivity index (χ2n) is 7.67. The van der Waals surface area contributed by atoms with E-state index >= 15 is 0 Å². The molecule has 1 N–H and O–H groups in total. The topological polar surface area (TPSA) is 100 Å². The van der Waals surface area contributed by atoms with E-state index in [1.165, 1.54) is 10.6 Å². The van der Waals surface area contributed by atoms with E-state index in [1.807, 2.05) is 18.2 Å². The lowest BCUT2D eigenvalue weighted by atomic mass is 10.2. The Morgan fingerprint density at radius 3 is 2.61 bits per heavy atom. The fraction of sp³-hybridized carbons (Fsp3) is 0.524. The summed E-state index contributed by atoms with van der Waals surface area (Å²) in [6, 6.07) is 11.7. The number of rotatable bonds is 9. The number of aromatic nitrogens is 1. The molecule has 1 aromatic carbocycles. The van der Waals surface area contributed by atoms with Crippen LogP contribution in [0.3, 0.4) is 0 Å². The average Bonchev–Trinajstić information content (AvgIpc) is 3.27. The molecule has 0 saturated carbocycles. The number of nitrogens with zero attached hydrogens (tertiary/aromatic N) is 4. The van der Waals surface area contributed by atoms with E-state index in [4.69, 9.17) is 9.26 Å². The molecule has 170 valence electrons. The van der Waals surface area contributed by atoms with Crippen molar-refractivity contribution in [1.82, 2.24) is 19.7 Å². The fourth-order valence-electron chi connectivity index (χ4n) is 3.38. The SMILES string of the molecule is CN=C(NCC(C)COCc1ccccc1)N1CCN(S(=O)(=O)Cc2ccon2)CC1. The summed E-state index contributed by atoms with van der Waals surface area (Å²) in [6.45, 7) is 6.09. The van der Waals surface area contributed by atoms with E-state index in [2.05, 4.69) is 39.4 Å². The van der Waals surface area contributed by atoms with Crippen LogP contribution in [0.25, 0.3) is 0 Å². The van der Waals surface area contributed by atoms with E-state index in [9.17, 15) is 8.42 Å². The number of benzene rings is 1. The predicted octanol–water partition coefficient (Wildman–Crippen LogP) is 1.55. The minimum absolute atomic E-state index is 0.142. The van der Waals surface area contributed by atoms with E-state index in [0.717, 1.165) is 18.1 Å². The Kier molecular flexibility index (Phi) is 8.44. The number of hydrogen-bond acceptors (Lipinski definition) is 6. The molecule has 31 heavy (non-hydrogen) atoms. The van der Waals surface area contributed by atoms with Gasteiger partial charge >= 0.3 is 0 Å². The molecule has 1 aromatic heterocycles. The van der Waals surface area contributed by atoms with Crippen molar-refractivity contribution in [3.63, 3.8) is 0 Å². The molecule has 10 heteroatoms. The van der Waals surface area contributed by atoms with Crippen molar-refractivity contribution >= 4 is 16.0 Å². The Balaban J connectivity index is 1.39. The number of sulfonamides is 1. The summed E-state index contributed by atoms with van der Waals surface area (Å²) in [5.41, 5.74) is 1.58. The Morgan fingerprint density at radius 1 is 1.23 bits per heavy atom. The van der Waals surface area contributed by atoms with Gasteiger partial charge in [0.05, 0.1) is 18.9 Å². The van der Waals surface area contributed by atoms with Gasteiger partial charge in [-0.25, -0.2) is 8.42 Å². The van der Waals surface area contributed by atoms with Crippen LogP contribution in [0.2, 0.25) is 0 Å². The minimum atomic E-state index is -3.41. The monoisotopic (exact) mass is 449 g/mol. The van der Waals surface area contributed by atoms with Crippen LogP contribution in [0.15, 0.2) is 52.2 Å². The van der Waals surface area contributed by atoms with E-state index < -0.39 is 10.0 Å². The number of nitrogens with one attached hydrogen (secondary N) is 1. The van der Waals surface area contributed by atoms with Gasteiger partial charge in [0, 0.05) is 45.8 Å². The first-order valence-electron chi connectivity index (χ1n) is 10.4. The molecule has 0 aliphatic carbocycles. The molecule has 2 aromatic rings. The Hall–Kier alpha value is -2.43. The van der Waals surface area contributed by atoms with Crippen LogP contribution < -0.4 is 5.32 Å². The van der Waals surface area contributed by atoms with Crippen LogP contribution in [0, 0.1) is 5.92 Å². The zero-order chi connectivity index (χ0) is 22.1. The highest BCUT2D eigenvalue weighted by Crippen LogP contribution is 2.13. The molecule has 9 nitrogen and oxygen atoms in total. The molecule has 1 aliphatic rings. The normalized spacial score (nSPS) is 17.0. The molecular weight excluding hydrogens is 418 g/mol. The van der Waals surface area contributed by atoms with Crippen LogP contribution in [0.4, 0.5) is 0 Å². The molecule has 0 bridgehead atoms. The zero-order valence-electron chi connectivity index (χ0n) is 18.1. The first-order chi connectivity index (χ1) is 15.0. The van der Waals surface area contributed by atoms with Crippen LogP contribution in [-0.4, -0.2) is 75.1 Å². The number of guanidine groups is 1. The largest absolute Gasteiger partial charge is 0.376 e. The van der Waals surface area contributed by atoms with E-state index in [-0.39, 0.29) is 5.75 Å². The summed E-state index contributed by atoms with van der Waals surface area (Å²) in [5, 5.41) is 7.08. The smallest absolute Gasteiger partial charge is 0.220 e. The maximum Gasteiger partial charge on any atom is 0.220 e. The molecule has 2 heterocycles. The highest BCUT2D eigenvalue weighted by atomic mass is 32.2. The zero-order valence-corrected chi connectivity index (χ0v) is 18.9.